The third kappa shape index (κ3) is 5.48. The lowest BCUT2D eigenvalue weighted by Gasteiger charge is -2.29. The zero-order chi connectivity index (χ0) is 33.9. The number of carboxylic acids is 1. The van der Waals surface area contributed by atoms with Gasteiger partial charge in [-0.3, -0.25) is 9.97 Å². The zero-order valence-corrected chi connectivity index (χ0v) is 27.9. The first kappa shape index (κ1) is 31.4. The van der Waals surface area contributed by atoms with Crippen LogP contribution in [-0.2, 0) is 23.0 Å². The number of halogens is 1. The third-order valence-corrected chi connectivity index (χ3v) is 9.02. The van der Waals surface area contributed by atoms with Gasteiger partial charge in [-0.25, -0.2) is 14.2 Å². The van der Waals surface area contributed by atoms with Gasteiger partial charge in [0.15, 0.2) is 17.7 Å². The Kier molecular flexibility index (Phi) is 7.75. The van der Waals surface area contributed by atoms with Gasteiger partial charge in [-0.05, 0) is 101 Å². The second-order valence-corrected chi connectivity index (χ2v) is 13.4. The smallest absolute Gasteiger partial charge is 0.337 e. The standard InChI is InChI=1S/C39H37FN4O4/c1-21-26-10-8-16-47-35(26)29(40)19-27(21)34-28-20-32(44(6)37(28)43-22(2)33(34)36(38(45)46)48-39(3,4)5)25-13-15-42-31(18-25)24-11-12-30-23(17-24)9-7-14-41-30/h7,9,11-15,17-20,36H,8,10,16H2,1-6H3,(H,45,46)/t36-/m0/s1. The van der Waals surface area contributed by atoms with Crippen molar-refractivity contribution in [2.45, 2.75) is 59.2 Å². The number of aryl methyl sites for hydroxylation is 2. The van der Waals surface area contributed by atoms with E-state index in [0.717, 1.165) is 51.0 Å². The minimum absolute atomic E-state index is 0.273. The monoisotopic (exact) mass is 644 g/mol. The molecule has 0 spiro atoms. The molecule has 0 bridgehead atoms. The average Bonchev–Trinajstić information content (AvgIpc) is 3.39. The molecular weight excluding hydrogens is 607 g/mol. The van der Waals surface area contributed by atoms with E-state index in [0.29, 0.717) is 46.4 Å². The molecule has 4 aromatic heterocycles. The molecular formula is C39H37FN4O4. The Hall–Kier alpha value is -5.15. The maximum Gasteiger partial charge on any atom is 0.337 e. The second kappa shape index (κ2) is 11.8. The average molecular weight is 645 g/mol. The van der Waals surface area contributed by atoms with Crippen molar-refractivity contribution in [3.63, 3.8) is 0 Å². The van der Waals surface area contributed by atoms with E-state index in [1.165, 1.54) is 6.07 Å². The van der Waals surface area contributed by atoms with Crippen molar-refractivity contribution >= 4 is 27.9 Å². The van der Waals surface area contributed by atoms with E-state index in [9.17, 15) is 9.90 Å². The van der Waals surface area contributed by atoms with E-state index >= 15 is 4.39 Å². The largest absolute Gasteiger partial charge is 0.490 e. The van der Waals surface area contributed by atoms with E-state index in [2.05, 4.69) is 16.0 Å². The molecule has 1 aliphatic heterocycles. The molecule has 9 heteroatoms. The number of hydrogen-bond acceptors (Lipinski definition) is 6. The predicted molar refractivity (Wildman–Crippen MR) is 185 cm³/mol. The molecule has 0 aliphatic carbocycles. The van der Waals surface area contributed by atoms with Crippen molar-refractivity contribution in [3.8, 4) is 39.4 Å². The maximum absolute atomic E-state index is 15.8. The molecule has 7 rings (SSSR count). The molecule has 0 unspecified atom stereocenters. The first-order chi connectivity index (χ1) is 22.9. The minimum atomic E-state index is -1.34. The first-order valence-electron chi connectivity index (χ1n) is 16.1. The van der Waals surface area contributed by atoms with Gasteiger partial charge in [0, 0.05) is 63.7 Å². The van der Waals surface area contributed by atoms with Crippen LogP contribution in [0.3, 0.4) is 0 Å². The Bertz CT molecular complexity index is 2250. The van der Waals surface area contributed by atoms with Crippen LogP contribution in [0.1, 0.15) is 55.7 Å². The van der Waals surface area contributed by atoms with Gasteiger partial charge >= 0.3 is 5.97 Å². The Morgan fingerprint density at radius 1 is 1.04 bits per heavy atom. The molecule has 8 nitrogen and oxygen atoms in total. The Balaban J connectivity index is 1.48. The first-order valence-corrected chi connectivity index (χ1v) is 16.1. The summed E-state index contributed by atoms with van der Waals surface area (Å²) in [5, 5.41) is 12.3. The topological polar surface area (TPSA) is 99.4 Å². The van der Waals surface area contributed by atoms with E-state index in [4.69, 9.17) is 14.5 Å². The lowest BCUT2D eigenvalue weighted by atomic mass is 9.86. The lowest BCUT2D eigenvalue weighted by Crippen LogP contribution is -2.28. The van der Waals surface area contributed by atoms with Gasteiger partial charge in [0.2, 0.25) is 0 Å². The summed E-state index contributed by atoms with van der Waals surface area (Å²) in [6.45, 7) is 9.65. The number of benzene rings is 2. The summed E-state index contributed by atoms with van der Waals surface area (Å²) in [7, 11) is 1.93. The molecule has 1 N–H and O–H groups in total. The Labute approximate surface area is 278 Å². The summed E-state index contributed by atoms with van der Waals surface area (Å²) in [5.41, 5.74) is 8.03. The van der Waals surface area contributed by atoms with Gasteiger partial charge in [-0.1, -0.05) is 12.1 Å². The number of nitrogens with zero attached hydrogens (tertiary/aromatic N) is 4. The van der Waals surface area contributed by atoms with Crippen LogP contribution in [0.15, 0.2) is 67.0 Å². The summed E-state index contributed by atoms with van der Waals surface area (Å²) < 4.78 is 29.8. The van der Waals surface area contributed by atoms with Crippen LogP contribution in [0.25, 0.3) is 55.6 Å². The minimum Gasteiger partial charge on any atom is -0.490 e. The van der Waals surface area contributed by atoms with Crippen molar-refractivity contribution < 1.29 is 23.8 Å². The molecule has 48 heavy (non-hydrogen) atoms. The number of carbonyl (C=O) groups is 1. The zero-order valence-electron chi connectivity index (χ0n) is 27.9. The molecule has 0 saturated heterocycles. The summed E-state index contributed by atoms with van der Waals surface area (Å²) in [4.78, 5) is 27.0. The van der Waals surface area contributed by atoms with Crippen LogP contribution < -0.4 is 4.74 Å². The number of hydrogen-bond donors (Lipinski definition) is 1. The van der Waals surface area contributed by atoms with Crippen molar-refractivity contribution in [2.24, 2.45) is 7.05 Å². The molecule has 0 fully saturated rings. The summed E-state index contributed by atoms with van der Waals surface area (Å²) in [6, 6.07) is 17.5. The van der Waals surface area contributed by atoms with Crippen LogP contribution >= 0.6 is 0 Å². The number of ether oxygens (including phenoxy) is 2. The quantitative estimate of drug-likeness (QED) is 0.194. The van der Waals surface area contributed by atoms with Crippen molar-refractivity contribution in [2.75, 3.05) is 6.61 Å². The number of rotatable bonds is 6. The fourth-order valence-corrected chi connectivity index (χ4v) is 6.83. The van der Waals surface area contributed by atoms with Crippen LogP contribution in [0, 0.1) is 19.7 Å². The van der Waals surface area contributed by atoms with Gasteiger partial charge in [0.1, 0.15) is 5.65 Å². The van der Waals surface area contributed by atoms with Crippen LogP contribution in [0.5, 0.6) is 5.75 Å². The SMILES string of the molecule is Cc1nc2c(cc(-c3ccnc(-c4ccc5ncccc5c4)c3)n2C)c(-c2cc(F)c3c(c2C)CCCO3)c1[C@H](OC(C)(C)C)C(=O)O. The number of carboxylic acid groups (broad SMARTS) is 1. The number of aromatic nitrogens is 4. The fraction of sp³-hybridized carbons (Fsp3) is 0.282. The summed E-state index contributed by atoms with van der Waals surface area (Å²) in [6.07, 6.45) is 3.65. The van der Waals surface area contributed by atoms with Crippen molar-refractivity contribution in [1.29, 1.82) is 0 Å². The van der Waals surface area contributed by atoms with Gasteiger partial charge in [0.05, 0.1) is 29.1 Å². The molecule has 1 aliphatic rings. The van der Waals surface area contributed by atoms with Gasteiger partial charge < -0.3 is 19.1 Å². The maximum atomic E-state index is 15.8. The number of fused-ring (bicyclic) bond motifs is 3. The molecule has 244 valence electrons. The second-order valence-electron chi connectivity index (χ2n) is 13.4. The van der Waals surface area contributed by atoms with Crippen LogP contribution in [0.2, 0.25) is 0 Å². The lowest BCUT2D eigenvalue weighted by molar-refractivity contribution is -0.160. The highest BCUT2D eigenvalue weighted by Gasteiger charge is 2.34. The molecule has 1 atom stereocenters. The summed E-state index contributed by atoms with van der Waals surface area (Å²) in [5.74, 6) is -1.34. The van der Waals surface area contributed by atoms with Gasteiger partial charge in [-0.15, -0.1) is 0 Å². The Morgan fingerprint density at radius 2 is 1.85 bits per heavy atom. The molecule has 0 amide bonds. The normalized spacial score (nSPS) is 13.8. The molecule has 6 aromatic rings. The predicted octanol–water partition coefficient (Wildman–Crippen LogP) is 8.54. The van der Waals surface area contributed by atoms with E-state index in [1.807, 2.05) is 81.8 Å². The molecule has 0 saturated carbocycles. The van der Waals surface area contributed by atoms with E-state index < -0.39 is 23.5 Å². The van der Waals surface area contributed by atoms with E-state index in [1.54, 1.807) is 19.3 Å². The Morgan fingerprint density at radius 3 is 2.62 bits per heavy atom. The fourth-order valence-electron chi connectivity index (χ4n) is 6.83. The van der Waals surface area contributed by atoms with Crippen molar-refractivity contribution in [3.05, 3.63) is 95.2 Å². The molecule has 0 radical (unpaired) electrons. The highest BCUT2D eigenvalue weighted by atomic mass is 19.1. The third-order valence-electron chi connectivity index (χ3n) is 9.02. The highest BCUT2D eigenvalue weighted by molar-refractivity contribution is 6.01. The number of aliphatic carboxylic acids is 1. The van der Waals surface area contributed by atoms with E-state index in [-0.39, 0.29) is 5.75 Å². The number of pyridine rings is 3. The van der Waals surface area contributed by atoms with Crippen LogP contribution in [-0.4, -0.2) is 42.8 Å². The molecule has 2 aromatic carbocycles. The van der Waals surface area contributed by atoms with Crippen molar-refractivity contribution in [1.82, 2.24) is 19.5 Å². The van der Waals surface area contributed by atoms with Gasteiger partial charge in [-0.2, -0.15) is 0 Å². The molecule has 5 heterocycles. The van der Waals surface area contributed by atoms with Crippen LogP contribution in [0.4, 0.5) is 4.39 Å². The highest BCUT2D eigenvalue weighted by Crippen LogP contribution is 2.45. The summed E-state index contributed by atoms with van der Waals surface area (Å²) >= 11 is 0. The van der Waals surface area contributed by atoms with Gasteiger partial charge in [0.25, 0.3) is 0 Å².